The number of hydrogen-bond acceptors (Lipinski definition) is 5. The standard InChI is InChI=1S/C18H18F2N4O2/c1-25-16-7-2-12(10-22-16)18-23-15(17(19)20)11-24(18)13-3-5-14(6-4-13)26-9-8-21/h2-7,10-11,17H,8-9,21H2,1H3. The summed E-state index contributed by atoms with van der Waals surface area (Å²) < 4.78 is 38.4. The summed E-state index contributed by atoms with van der Waals surface area (Å²) >= 11 is 0. The third-order valence-corrected chi connectivity index (χ3v) is 3.65. The molecule has 136 valence electrons. The molecule has 2 heterocycles. The Balaban J connectivity index is 1.99. The molecule has 0 aliphatic rings. The van der Waals surface area contributed by atoms with Crippen molar-refractivity contribution in [3.05, 3.63) is 54.5 Å². The number of benzene rings is 1. The second kappa shape index (κ2) is 7.92. The van der Waals surface area contributed by atoms with Gasteiger partial charge < -0.3 is 15.2 Å². The van der Waals surface area contributed by atoms with Crippen molar-refractivity contribution in [1.29, 1.82) is 0 Å². The lowest BCUT2D eigenvalue weighted by Crippen LogP contribution is -2.10. The van der Waals surface area contributed by atoms with Gasteiger partial charge in [-0.15, -0.1) is 0 Å². The van der Waals surface area contributed by atoms with Crippen LogP contribution in [0.2, 0.25) is 0 Å². The quantitative estimate of drug-likeness (QED) is 0.700. The summed E-state index contributed by atoms with van der Waals surface area (Å²) in [5.41, 5.74) is 6.38. The van der Waals surface area contributed by atoms with Gasteiger partial charge in [0.2, 0.25) is 5.88 Å². The highest BCUT2D eigenvalue weighted by molar-refractivity contribution is 5.59. The van der Waals surface area contributed by atoms with E-state index in [0.717, 1.165) is 0 Å². The SMILES string of the molecule is COc1ccc(-c2nc(C(F)F)cn2-c2ccc(OCCN)cc2)cn1. The van der Waals surface area contributed by atoms with Gasteiger partial charge in [0, 0.05) is 36.3 Å². The number of nitrogens with two attached hydrogens (primary N) is 1. The Bertz CT molecular complexity index is 849. The van der Waals surface area contributed by atoms with E-state index in [1.54, 1.807) is 41.0 Å². The first-order chi connectivity index (χ1) is 12.6. The van der Waals surface area contributed by atoms with Crippen LogP contribution in [-0.4, -0.2) is 34.8 Å². The van der Waals surface area contributed by atoms with E-state index in [0.29, 0.717) is 41.9 Å². The number of methoxy groups -OCH3 is 1. The highest BCUT2D eigenvalue weighted by atomic mass is 19.3. The van der Waals surface area contributed by atoms with Crippen molar-refractivity contribution in [1.82, 2.24) is 14.5 Å². The van der Waals surface area contributed by atoms with E-state index in [9.17, 15) is 8.78 Å². The van der Waals surface area contributed by atoms with Gasteiger partial charge in [0.25, 0.3) is 6.43 Å². The van der Waals surface area contributed by atoms with E-state index >= 15 is 0 Å². The van der Waals surface area contributed by atoms with E-state index < -0.39 is 6.43 Å². The van der Waals surface area contributed by atoms with Crippen LogP contribution in [0.4, 0.5) is 8.78 Å². The summed E-state index contributed by atoms with van der Waals surface area (Å²) in [4.78, 5) is 8.18. The fraction of sp³-hybridized carbons (Fsp3) is 0.222. The largest absolute Gasteiger partial charge is 0.492 e. The zero-order valence-corrected chi connectivity index (χ0v) is 14.1. The molecule has 0 aliphatic carbocycles. The summed E-state index contributed by atoms with van der Waals surface area (Å²) in [5, 5.41) is 0. The molecule has 0 radical (unpaired) electrons. The number of rotatable bonds is 7. The Morgan fingerprint density at radius 2 is 1.92 bits per heavy atom. The van der Waals surface area contributed by atoms with Crippen LogP contribution < -0.4 is 15.2 Å². The number of ether oxygens (including phenoxy) is 2. The van der Waals surface area contributed by atoms with Crippen LogP contribution in [0.15, 0.2) is 48.8 Å². The average molecular weight is 360 g/mol. The van der Waals surface area contributed by atoms with Crippen molar-refractivity contribution >= 4 is 0 Å². The fourth-order valence-corrected chi connectivity index (χ4v) is 2.42. The summed E-state index contributed by atoms with van der Waals surface area (Å²) in [6, 6.07) is 10.4. The molecular weight excluding hydrogens is 342 g/mol. The highest BCUT2D eigenvalue weighted by Crippen LogP contribution is 2.28. The van der Waals surface area contributed by atoms with E-state index in [1.165, 1.54) is 19.5 Å². The molecule has 1 aromatic carbocycles. The maximum atomic E-state index is 13.2. The number of pyridine rings is 1. The minimum absolute atomic E-state index is 0.306. The smallest absolute Gasteiger partial charge is 0.281 e. The van der Waals surface area contributed by atoms with Gasteiger partial charge in [-0.1, -0.05) is 0 Å². The number of alkyl halides is 2. The number of hydrogen-bond donors (Lipinski definition) is 1. The molecular formula is C18H18F2N4O2. The predicted molar refractivity (Wildman–Crippen MR) is 92.9 cm³/mol. The molecule has 6 nitrogen and oxygen atoms in total. The number of halogens is 2. The van der Waals surface area contributed by atoms with E-state index in [2.05, 4.69) is 9.97 Å². The van der Waals surface area contributed by atoms with Gasteiger partial charge >= 0.3 is 0 Å². The van der Waals surface area contributed by atoms with Crippen molar-refractivity contribution in [2.45, 2.75) is 6.43 Å². The molecule has 0 saturated carbocycles. The van der Waals surface area contributed by atoms with Crippen LogP contribution in [0, 0.1) is 0 Å². The van der Waals surface area contributed by atoms with Gasteiger partial charge in [0.1, 0.15) is 23.9 Å². The van der Waals surface area contributed by atoms with Gasteiger partial charge in [-0.25, -0.2) is 18.7 Å². The normalized spacial score (nSPS) is 11.0. The summed E-state index contributed by atoms with van der Waals surface area (Å²) in [7, 11) is 1.51. The molecule has 3 rings (SSSR count). The summed E-state index contributed by atoms with van der Waals surface area (Å²) in [6.45, 7) is 0.818. The van der Waals surface area contributed by atoms with E-state index in [4.69, 9.17) is 15.2 Å². The monoisotopic (exact) mass is 360 g/mol. The molecule has 26 heavy (non-hydrogen) atoms. The molecule has 3 aromatic rings. The van der Waals surface area contributed by atoms with Gasteiger partial charge in [0.15, 0.2) is 0 Å². The Hall–Kier alpha value is -3.00. The number of aromatic nitrogens is 3. The van der Waals surface area contributed by atoms with Crippen LogP contribution in [0.5, 0.6) is 11.6 Å². The van der Waals surface area contributed by atoms with Crippen molar-refractivity contribution in [2.75, 3.05) is 20.3 Å². The predicted octanol–water partition coefficient (Wildman–Crippen LogP) is 3.22. The van der Waals surface area contributed by atoms with Crippen LogP contribution in [0.3, 0.4) is 0 Å². The van der Waals surface area contributed by atoms with Gasteiger partial charge in [-0.05, 0) is 30.3 Å². The lowest BCUT2D eigenvalue weighted by molar-refractivity contribution is 0.146. The zero-order chi connectivity index (χ0) is 18.5. The van der Waals surface area contributed by atoms with Gasteiger partial charge in [-0.3, -0.25) is 4.57 Å². The first kappa shape index (κ1) is 17.8. The number of nitrogens with zero attached hydrogens (tertiary/aromatic N) is 3. The van der Waals surface area contributed by atoms with E-state index in [-0.39, 0.29) is 5.69 Å². The van der Waals surface area contributed by atoms with Crippen LogP contribution >= 0.6 is 0 Å². The molecule has 2 aromatic heterocycles. The van der Waals surface area contributed by atoms with Crippen LogP contribution in [-0.2, 0) is 0 Å². The Morgan fingerprint density at radius 1 is 1.15 bits per heavy atom. The molecule has 0 saturated heterocycles. The minimum atomic E-state index is -2.67. The molecule has 8 heteroatoms. The third-order valence-electron chi connectivity index (χ3n) is 3.65. The second-order valence-corrected chi connectivity index (χ2v) is 5.38. The first-order valence-corrected chi connectivity index (χ1v) is 7.93. The lowest BCUT2D eigenvalue weighted by Gasteiger charge is -2.10. The lowest BCUT2D eigenvalue weighted by atomic mass is 10.2. The molecule has 0 aliphatic heterocycles. The van der Waals surface area contributed by atoms with Crippen molar-refractivity contribution in [3.8, 4) is 28.7 Å². The Kier molecular flexibility index (Phi) is 5.43. The van der Waals surface area contributed by atoms with Gasteiger partial charge in [0.05, 0.1) is 7.11 Å². The Labute approximate surface area is 149 Å². The molecule has 0 unspecified atom stereocenters. The zero-order valence-electron chi connectivity index (χ0n) is 14.1. The molecule has 0 atom stereocenters. The Morgan fingerprint density at radius 3 is 2.50 bits per heavy atom. The molecule has 0 amide bonds. The summed E-state index contributed by atoms with van der Waals surface area (Å²) in [6.07, 6.45) is 0.180. The van der Waals surface area contributed by atoms with Crippen LogP contribution in [0.1, 0.15) is 12.1 Å². The highest BCUT2D eigenvalue weighted by Gasteiger charge is 2.18. The van der Waals surface area contributed by atoms with E-state index in [1.807, 2.05) is 0 Å². The molecule has 0 bridgehead atoms. The maximum absolute atomic E-state index is 13.2. The topological polar surface area (TPSA) is 75.2 Å². The molecule has 2 N–H and O–H groups in total. The second-order valence-electron chi connectivity index (χ2n) is 5.38. The molecule has 0 spiro atoms. The van der Waals surface area contributed by atoms with Gasteiger partial charge in [-0.2, -0.15) is 0 Å². The first-order valence-electron chi connectivity index (χ1n) is 7.93. The van der Waals surface area contributed by atoms with Crippen LogP contribution in [0.25, 0.3) is 17.1 Å². The molecule has 0 fully saturated rings. The minimum Gasteiger partial charge on any atom is -0.492 e. The summed E-state index contributed by atoms with van der Waals surface area (Å²) in [5.74, 6) is 1.45. The fourth-order valence-electron chi connectivity index (χ4n) is 2.42. The maximum Gasteiger partial charge on any atom is 0.281 e. The third kappa shape index (κ3) is 3.80. The van der Waals surface area contributed by atoms with Crippen molar-refractivity contribution < 1.29 is 18.3 Å². The number of imidazole rings is 1. The van der Waals surface area contributed by atoms with Crippen molar-refractivity contribution in [3.63, 3.8) is 0 Å². The van der Waals surface area contributed by atoms with Crippen molar-refractivity contribution in [2.24, 2.45) is 5.73 Å². The average Bonchev–Trinajstić information content (AvgIpc) is 3.12.